The molecule has 1 N–H and O–H groups in total. The molecule has 0 saturated carbocycles. The van der Waals surface area contributed by atoms with Crippen LogP contribution in [0.4, 0.5) is 0 Å². The molecular formula is C13H18BrNO2. The van der Waals surface area contributed by atoms with E-state index in [1.807, 2.05) is 38.1 Å². The van der Waals surface area contributed by atoms with Crippen molar-refractivity contribution in [3.8, 4) is 0 Å². The van der Waals surface area contributed by atoms with Gasteiger partial charge in [0.1, 0.15) is 0 Å². The van der Waals surface area contributed by atoms with E-state index in [0.29, 0.717) is 18.8 Å². The fraction of sp³-hybridized carbons (Fsp3) is 0.462. The first-order valence-electron chi connectivity index (χ1n) is 5.71. The lowest BCUT2D eigenvalue weighted by Gasteiger charge is -2.13. The molecule has 0 aliphatic carbocycles. The largest absolute Gasteiger partial charge is 0.380 e. The number of alkyl halides is 1. The summed E-state index contributed by atoms with van der Waals surface area (Å²) in [6.45, 7) is 5.08. The van der Waals surface area contributed by atoms with Gasteiger partial charge in [-0.05, 0) is 31.5 Å². The molecule has 1 aromatic rings. The average Bonchev–Trinajstić information content (AvgIpc) is 2.36. The number of benzene rings is 1. The fourth-order valence-electron chi connectivity index (χ4n) is 1.39. The number of amides is 1. The van der Waals surface area contributed by atoms with Gasteiger partial charge in [0.05, 0.1) is 6.61 Å². The summed E-state index contributed by atoms with van der Waals surface area (Å²) in [7, 11) is 0. The molecule has 0 aliphatic rings. The first-order valence-corrected chi connectivity index (χ1v) is 6.83. The summed E-state index contributed by atoms with van der Waals surface area (Å²) < 4.78 is 5.25. The van der Waals surface area contributed by atoms with Crippen LogP contribution in [0.3, 0.4) is 0 Å². The monoisotopic (exact) mass is 299 g/mol. The minimum atomic E-state index is -0.0571. The second kappa shape index (κ2) is 7.45. The lowest BCUT2D eigenvalue weighted by molar-refractivity contribution is 0.0872. The van der Waals surface area contributed by atoms with Crippen molar-refractivity contribution in [2.24, 2.45) is 0 Å². The predicted molar refractivity (Wildman–Crippen MR) is 72.5 cm³/mol. The standard InChI is InChI=1S/C13H18BrNO2/c1-3-17-9-10(2)15-13(16)12-6-4-11(8-14)5-7-12/h4-7,10H,3,8-9H2,1-2H3,(H,15,16). The molecule has 1 aromatic carbocycles. The summed E-state index contributed by atoms with van der Waals surface area (Å²) in [5, 5.41) is 3.69. The van der Waals surface area contributed by atoms with E-state index in [1.54, 1.807) is 0 Å². The smallest absolute Gasteiger partial charge is 0.251 e. The zero-order valence-electron chi connectivity index (χ0n) is 10.2. The van der Waals surface area contributed by atoms with Gasteiger partial charge in [0.15, 0.2) is 0 Å². The number of hydrogen-bond acceptors (Lipinski definition) is 2. The van der Waals surface area contributed by atoms with Crippen LogP contribution in [0.2, 0.25) is 0 Å². The van der Waals surface area contributed by atoms with Gasteiger partial charge in [0, 0.05) is 23.5 Å². The van der Waals surface area contributed by atoms with Crippen LogP contribution < -0.4 is 5.32 Å². The highest BCUT2D eigenvalue weighted by atomic mass is 79.9. The molecule has 94 valence electrons. The third kappa shape index (κ3) is 4.88. The number of hydrogen-bond donors (Lipinski definition) is 1. The molecule has 0 aromatic heterocycles. The summed E-state index contributed by atoms with van der Waals surface area (Å²) in [6, 6.07) is 7.57. The fourth-order valence-corrected chi connectivity index (χ4v) is 1.76. The zero-order valence-corrected chi connectivity index (χ0v) is 11.8. The molecular weight excluding hydrogens is 282 g/mol. The maximum atomic E-state index is 11.8. The molecule has 0 bridgehead atoms. The molecule has 4 heteroatoms. The summed E-state index contributed by atoms with van der Waals surface area (Å²) in [6.07, 6.45) is 0. The van der Waals surface area contributed by atoms with Crippen LogP contribution in [-0.4, -0.2) is 25.2 Å². The van der Waals surface area contributed by atoms with E-state index in [9.17, 15) is 4.79 Å². The van der Waals surface area contributed by atoms with Crippen LogP contribution in [0, 0.1) is 0 Å². The highest BCUT2D eigenvalue weighted by molar-refractivity contribution is 9.08. The molecule has 0 radical (unpaired) electrons. The van der Waals surface area contributed by atoms with Gasteiger partial charge < -0.3 is 10.1 Å². The van der Waals surface area contributed by atoms with E-state index >= 15 is 0 Å². The van der Waals surface area contributed by atoms with Crippen molar-refractivity contribution in [1.82, 2.24) is 5.32 Å². The molecule has 0 aliphatic heterocycles. The Balaban J connectivity index is 2.51. The van der Waals surface area contributed by atoms with Crippen LogP contribution in [0.5, 0.6) is 0 Å². The van der Waals surface area contributed by atoms with Gasteiger partial charge >= 0.3 is 0 Å². The van der Waals surface area contributed by atoms with Crippen molar-refractivity contribution in [2.75, 3.05) is 13.2 Å². The summed E-state index contributed by atoms with van der Waals surface area (Å²) in [4.78, 5) is 11.8. The maximum Gasteiger partial charge on any atom is 0.251 e. The second-order valence-electron chi connectivity index (χ2n) is 3.86. The van der Waals surface area contributed by atoms with Crippen LogP contribution >= 0.6 is 15.9 Å². The number of ether oxygens (including phenoxy) is 1. The maximum absolute atomic E-state index is 11.8. The van der Waals surface area contributed by atoms with E-state index in [0.717, 1.165) is 10.9 Å². The van der Waals surface area contributed by atoms with Gasteiger partial charge in [0.25, 0.3) is 5.91 Å². The third-order valence-electron chi connectivity index (χ3n) is 2.32. The van der Waals surface area contributed by atoms with Crippen molar-refractivity contribution in [2.45, 2.75) is 25.2 Å². The number of carbonyl (C=O) groups excluding carboxylic acids is 1. The van der Waals surface area contributed by atoms with E-state index in [2.05, 4.69) is 21.2 Å². The topological polar surface area (TPSA) is 38.3 Å². The summed E-state index contributed by atoms with van der Waals surface area (Å²) in [5.74, 6) is -0.0571. The Morgan fingerprint density at radius 2 is 2.06 bits per heavy atom. The molecule has 0 saturated heterocycles. The van der Waals surface area contributed by atoms with Gasteiger partial charge in [-0.25, -0.2) is 0 Å². The first kappa shape index (κ1) is 14.2. The van der Waals surface area contributed by atoms with Crippen LogP contribution in [-0.2, 0) is 10.1 Å². The normalized spacial score (nSPS) is 12.2. The SMILES string of the molecule is CCOCC(C)NC(=O)c1ccc(CBr)cc1. The lowest BCUT2D eigenvalue weighted by Crippen LogP contribution is -2.35. The van der Waals surface area contributed by atoms with E-state index in [1.165, 1.54) is 0 Å². The van der Waals surface area contributed by atoms with Crippen molar-refractivity contribution >= 4 is 21.8 Å². The second-order valence-corrected chi connectivity index (χ2v) is 4.43. The van der Waals surface area contributed by atoms with Crippen molar-refractivity contribution in [3.63, 3.8) is 0 Å². The Bertz CT molecular complexity index is 351. The molecule has 17 heavy (non-hydrogen) atoms. The zero-order chi connectivity index (χ0) is 12.7. The Morgan fingerprint density at radius 1 is 1.41 bits per heavy atom. The third-order valence-corrected chi connectivity index (χ3v) is 2.97. The van der Waals surface area contributed by atoms with E-state index in [-0.39, 0.29) is 11.9 Å². The Hall–Kier alpha value is -0.870. The van der Waals surface area contributed by atoms with Gasteiger partial charge in [0.2, 0.25) is 0 Å². The molecule has 1 unspecified atom stereocenters. The highest BCUT2D eigenvalue weighted by Gasteiger charge is 2.09. The highest BCUT2D eigenvalue weighted by Crippen LogP contribution is 2.08. The molecule has 3 nitrogen and oxygen atoms in total. The molecule has 1 amide bonds. The molecule has 0 spiro atoms. The van der Waals surface area contributed by atoms with Gasteiger partial charge in [-0.3, -0.25) is 4.79 Å². The molecule has 1 rings (SSSR count). The Labute approximate surface area is 111 Å². The Morgan fingerprint density at radius 3 is 2.59 bits per heavy atom. The van der Waals surface area contributed by atoms with Crippen molar-refractivity contribution in [1.29, 1.82) is 0 Å². The first-order chi connectivity index (χ1) is 8.17. The quantitative estimate of drug-likeness (QED) is 0.820. The number of carbonyl (C=O) groups is 1. The number of halogens is 1. The van der Waals surface area contributed by atoms with E-state index < -0.39 is 0 Å². The molecule has 0 fully saturated rings. The minimum absolute atomic E-state index is 0.0262. The molecule has 0 heterocycles. The summed E-state index contributed by atoms with van der Waals surface area (Å²) in [5.41, 5.74) is 1.84. The Kier molecular flexibility index (Phi) is 6.22. The van der Waals surface area contributed by atoms with Crippen molar-refractivity contribution in [3.05, 3.63) is 35.4 Å². The van der Waals surface area contributed by atoms with Gasteiger partial charge in [-0.1, -0.05) is 28.1 Å². The molecule has 1 atom stereocenters. The van der Waals surface area contributed by atoms with Crippen molar-refractivity contribution < 1.29 is 9.53 Å². The lowest BCUT2D eigenvalue weighted by atomic mass is 10.1. The van der Waals surface area contributed by atoms with Gasteiger partial charge in [-0.2, -0.15) is 0 Å². The van der Waals surface area contributed by atoms with Crippen LogP contribution in [0.15, 0.2) is 24.3 Å². The number of rotatable bonds is 6. The summed E-state index contributed by atoms with van der Waals surface area (Å²) >= 11 is 3.37. The average molecular weight is 300 g/mol. The minimum Gasteiger partial charge on any atom is -0.380 e. The van der Waals surface area contributed by atoms with Gasteiger partial charge in [-0.15, -0.1) is 0 Å². The predicted octanol–water partition coefficient (Wildman–Crippen LogP) is 2.74. The van der Waals surface area contributed by atoms with Crippen LogP contribution in [0.25, 0.3) is 0 Å². The van der Waals surface area contributed by atoms with E-state index in [4.69, 9.17) is 4.74 Å². The van der Waals surface area contributed by atoms with Crippen LogP contribution in [0.1, 0.15) is 29.8 Å². The number of nitrogens with one attached hydrogen (secondary N) is 1.